The number of rotatable bonds is 3. The average molecular weight is 349 g/mol. The fourth-order valence-corrected chi connectivity index (χ4v) is 3.54. The average Bonchev–Trinajstić information content (AvgIpc) is 2.47. The number of fused-ring (bicyclic) bond motifs is 1. The number of hydrogen-bond acceptors (Lipinski definition) is 4. The summed E-state index contributed by atoms with van der Waals surface area (Å²) in [5, 5.41) is 4.77. The van der Waals surface area contributed by atoms with Gasteiger partial charge in [-0.25, -0.2) is 9.97 Å². The third-order valence-electron chi connectivity index (χ3n) is 3.88. The highest BCUT2D eigenvalue weighted by Gasteiger charge is 2.22. The number of para-hydroxylation sites is 1. The van der Waals surface area contributed by atoms with Crippen LogP contribution >= 0.6 is 15.9 Å². The molecule has 0 bridgehead atoms. The summed E-state index contributed by atoms with van der Waals surface area (Å²) in [6, 6.07) is 7.24. The van der Waals surface area contributed by atoms with Gasteiger partial charge in [0.2, 0.25) is 0 Å². The molecule has 1 aromatic heterocycles. The first-order valence-electron chi connectivity index (χ1n) is 7.55. The van der Waals surface area contributed by atoms with Crippen LogP contribution in [0.4, 0.5) is 5.82 Å². The molecule has 0 saturated carbocycles. The van der Waals surface area contributed by atoms with Crippen molar-refractivity contribution >= 4 is 32.7 Å². The molecule has 112 valence electrons. The normalized spacial score (nSPS) is 19.4. The number of anilines is 1. The first-order chi connectivity index (χ1) is 10.1. The van der Waals surface area contributed by atoms with Gasteiger partial charge in [0.05, 0.1) is 5.52 Å². The van der Waals surface area contributed by atoms with Crippen molar-refractivity contribution in [3.63, 3.8) is 0 Å². The molecular weight excluding hydrogens is 328 g/mol. The smallest absolute Gasteiger partial charge is 0.139 e. The van der Waals surface area contributed by atoms with Gasteiger partial charge in [-0.05, 0) is 40.9 Å². The molecule has 0 amide bonds. The van der Waals surface area contributed by atoms with E-state index in [2.05, 4.69) is 56.0 Å². The molecule has 2 heterocycles. The van der Waals surface area contributed by atoms with Crippen LogP contribution in [0.5, 0.6) is 0 Å². The predicted octanol–water partition coefficient (Wildman–Crippen LogP) is 3.36. The number of halogens is 1. The second-order valence-electron chi connectivity index (χ2n) is 5.94. The van der Waals surface area contributed by atoms with Crippen LogP contribution < -0.4 is 10.2 Å². The fourth-order valence-electron chi connectivity index (χ4n) is 3.07. The van der Waals surface area contributed by atoms with Crippen LogP contribution in [-0.2, 0) is 0 Å². The van der Waals surface area contributed by atoms with Crippen LogP contribution in [0.2, 0.25) is 0 Å². The van der Waals surface area contributed by atoms with Gasteiger partial charge in [-0.1, -0.05) is 19.9 Å². The van der Waals surface area contributed by atoms with E-state index in [1.54, 1.807) is 6.33 Å². The molecule has 0 radical (unpaired) electrons. The first kappa shape index (κ1) is 14.7. The molecule has 1 atom stereocenters. The number of piperidine rings is 1. The fraction of sp³-hybridized carbons (Fsp3) is 0.500. The summed E-state index contributed by atoms with van der Waals surface area (Å²) in [6.45, 7) is 6.48. The number of hydrogen-bond donors (Lipinski definition) is 1. The Hall–Kier alpha value is -1.20. The maximum absolute atomic E-state index is 4.55. The van der Waals surface area contributed by atoms with Gasteiger partial charge in [0.15, 0.2) is 0 Å². The maximum atomic E-state index is 4.55. The van der Waals surface area contributed by atoms with Gasteiger partial charge in [0.25, 0.3) is 0 Å². The van der Waals surface area contributed by atoms with E-state index >= 15 is 0 Å². The van der Waals surface area contributed by atoms with Crippen molar-refractivity contribution in [1.29, 1.82) is 0 Å². The van der Waals surface area contributed by atoms with Crippen molar-refractivity contribution in [3.05, 3.63) is 29.0 Å². The highest BCUT2D eigenvalue weighted by molar-refractivity contribution is 9.10. The lowest BCUT2D eigenvalue weighted by Crippen LogP contribution is -2.48. The van der Waals surface area contributed by atoms with E-state index in [1.807, 2.05) is 12.1 Å². The number of nitrogens with one attached hydrogen (secondary N) is 1. The van der Waals surface area contributed by atoms with Crippen molar-refractivity contribution in [2.24, 2.45) is 0 Å². The zero-order valence-corrected chi connectivity index (χ0v) is 14.1. The van der Waals surface area contributed by atoms with Crippen LogP contribution in [0, 0.1) is 0 Å². The van der Waals surface area contributed by atoms with Crippen molar-refractivity contribution in [2.45, 2.75) is 38.8 Å². The van der Waals surface area contributed by atoms with Gasteiger partial charge in [0, 0.05) is 35.0 Å². The van der Waals surface area contributed by atoms with Gasteiger partial charge in [0.1, 0.15) is 12.1 Å². The van der Waals surface area contributed by atoms with Crippen LogP contribution in [0.1, 0.15) is 26.7 Å². The minimum absolute atomic E-state index is 0.520. The summed E-state index contributed by atoms with van der Waals surface area (Å²) in [4.78, 5) is 11.3. The van der Waals surface area contributed by atoms with Gasteiger partial charge in [-0.15, -0.1) is 0 Å². The van der Waals surface area contributed by atoms with Gasteiger partial charge >= 0.3 is 0 Å². The Bertz CT molecular complexity index is 629. The molecule has 1 aliphatic rings. The summed E-state index contributed by atoms with van der Waals surface area (Å²) in [5.41, 5.74) is 0.987. The lowest BCUT2D eigenvalue weighted by atomic mass is 10.0. The molecule has 1 aromatic carbocycles. The molecule has 2 aromatic rings. The molecular formula is C16H21BrN4. The monoisotopic (exact) mass is 348 g/mol. The maximum Gasteiger partial charge on any atom is 0.139 e. The van der Waals surface area contributed by atoms with Crippen LogP contribution in [-0.4, -0.2) is 35.1 Å². The highest BCUT2D eigenvalue weighted by Crippen LogP contribution is 2.29. The Morgan fingerprint density at radius 2 is 2.19 bits per heavy atom. The number of aromatic nitrogens is 2. The van der Waals surface area contributed by atoms with Crippen molar-refractivity contribution in [3.8, 4) is 0 Å². The van der Waals surface area contributed by atoms with Crippen molar-refractivity contribution < 1.29 is 0 Å². The number of benzene rings is 1. The highest BCUT2D eigenvalue weighted by atomic mass is 79.9. The van der Waals surface area contributed by atoms with Crippen molar-refractivity contribution in [1.82, 2.24) is 15.3 Å². The minimum atomic E-state index is 0.520. The molecule has 0 spiro atoms. The standard InChI is InChI=1S/C16H21BrN4/c1-11(2)20-12-5-4-8-21(9-12)16-13-6-3-7-14(17)15(13)18-10-19-16/h3,6-7,10-12,20H,4-5,8-9H2,1-2H3. The predicted molar refractivity (Wildman–Crippen MR) is 90.7 cm³/mol. The Kier molecular flexibility index (Phi) is 4.40. The molecule has 3 rings (SSSR count). The molecule has 4 nitrogen and oxygen atoms in total. The molecule has 5 heteroatoms. The van der Waals surface area contributed by atoms with Crippen LogP contribution in [0.25, 0.3) is 10.9 Å². The van der Waals surface area contributed by atoms with Crippen LogP contribution in [0.3, 0.4) is 0 Å². The Morgan fingerprint density at radius 3 is 3.00 bits per heavy atom. The van der Waals surface area contributed by atoms with Gasteiger partial charge < -0.3 is 10.2 Å². The zero-order valence-electron chi connectivity index (χ0n) is 12.5. The largest absolute Gasteiger partial charge is 0.354 e. The molecule has 21 heavy (non-hydrogen) atoms. The number of nitrogens with zero attached hydrogens (tertiary/aromatic N) is 3. The van der Waals surface area contributed by atoms with E-state index in [0.717, 1.165) is 34.3 Å². The van der Waals surface area contributed by atoms with E-state index < -0.39 is 0 Å². The van der Waals surface area contributed by atoms with E-state index in [9.17, 15) is 0 Å². The Balaban J connectivity index is 1.91. The summed E-state index contributed by atoms with van der Waals surface area (Å²) in [7, 11) is 0. The summed E-state index contributed by atoms with van der Waals surface area (Å²) >= 11 is 3.58. The zero-order chi connectivity index (χ0) is 14.8. The summed E-state index contributed by atoms with van der Waals surface area (Å²) < 4.78 is 1.03. The first-order valence-corrected chi connectivity index (χ1v) is 8.34. The lowest BCUT2D eigenvalue weighted by molar-refractivity contribution is 0.394. The molecule has 1 fully saturated rings. The van der Waals surface area contributed by atoms with Gasteiger partial charge in [-0.3, -0.25) is 0 Å². The second kappa shape index (κ2) is 6.28. The second-order valence-corrected chi connectivity index (χ2v) is 6.79. The summed E-state index contributed by atoms with van der Waals surface area (Å²) in [5.74, 6) is 1.05. The van der Waals surface area contributed by atoms with Crippen molar-refractivity contribution in [2.75, 3.05) is 18.0 Å². The third kappa shape index (κ3) is 3.19. The lowest BCUT2D eigenvalue weighted by Gasteiger charge is -2.35. The van der Waals surface area contributed by atoms with E-state index in [-0.39, 0.29) is 0 Å². The molecule has 1 aliphatic heterocycles. The molecule has 1 N–H and O–H groups in total. The van der Waals surface area contributed by atoms with E-state index in [1.165, 1.54) is 12.8 Å². The third-order valence-corrected chi connectivity index (χ3v) is 4.52. The van der Waals surface area contributed by atoms with Gasteiger partial charge in [-0.2, -0.15) is 0 Å². The molecule has 0 aliphatic carbocycles. The van der Waals surface area contributed by atoms with E-state index in [0.29, 0.717) is 12.1 Å². The van der Waals surface area contributed by atoms with Crippen LogP contribution in [0.15, 0.2) is 29.0 Å². The Labute approximate surface area is 134 Å². The SMILES string of the molecule is CC(C)NC1CCCN(c2ncnc3c(Br)cccc23)C1. The summed E-state index contributed by atoms with van der Waals surface area (Å²) in [6.07, 6.45) is 4.10. The Morgan fingerprint density at radius 1 is 1.33 bits per heavy atom. The molecule has 1 unspecified atom stereocenters. The van der Waals surface area contributed by atoms with E-state index in [4.69, 9.17) is 0 Å². The quantitative estimate of drug-likeness (QED) is 0.923. The molecule has 1 saturated heterocycles. The topological polar surface area (TPSA) is 41.0 Å². The minimum Gasteiger partial charge on any atom is -0.354 e.